The van der Waals surface area contributed by atoms with Crippen molar-refractivity contribution in [2.24, 2.45) is 7.05 Å². The van der Waals surface area contributed by atoms with E-state index in [0.29, 0.717) is 6.10 Å². The molecule has 34 heavy (non-hydrogen) atoms. The average molecular weight is 472 g/mol. The molecule has 0 spiro atoms. The van der Waals surface area contributed by atoms with Crippen molar-refractivity contribution in [1.29, 1.82) is 0 Å². The number of fused-ring (bicyclic) bond motifs is 2. The lowest BCUT2D eigenvalue weighted by Gasteiger charge is -2.32. The van der Waals surface area contributed by atoms with E-state index in [-0.39, 0.29) is 0 Å². The number of aryl methyl sites for hydroxylation is 1. The zero-order valence-electron chi connectivity index (χ0n) is 19.1. The summed E-state index contributed by atoms with van der Waals surface area (Å²) in [6.07, 6.45) is 10.4. The summed E-state index contributed by atoms with van der Waals surface area (Å²) in [6, 6.07) is 12.6. The third-order valence-corrected chi connectivity index (χ3v) is 7.42. The number of nitrogens with zero attached hydrogens (tertiary/aromatic N) is 7. The Hall–Kier alpha value is -3.43. The lowest BCUT2D eigenvalue weighted by atomic mass is 10.1. The van der Waals surface area contributed by atoms with Crippen LogP contribution in [0.15, 0.2) is 71.2 Å². The van der Waals surface area contributed by atoms with Crippen LogP contribution in [0.1, 0.15) is 12.8 Å². The van der Waals surface area contributed by atoms with Gasteiger partial charge in [-0.25, -0.2) is 0 Å². The molecule has 0 atom stereocenters. The van der Waals surface area contributed by atoms with Crippen molar-refractivity contribution in [1.82, 2.24) is 29.4 Å². The molecular formula is C25H25N7OS. The summed E-state index contributed by atoms with van der Waals surface area (Å²) in [5.74, 6) is 0. The van der Waals surface area contributed by atoms with Gasteiger partial charge in [-0.3, -0.25) is 14.1 Å². The first-order valence-corrected chi connectivity index (χ1v) is 12.2. The van der Waals surface area contributed by atoms with Gasteiger partial charge < -0.3 is 9.64 Å². The number of para-hydroxylation sites is 1. The molecule has 6 rings (SSSR count). The van der Waals surface area contributed by atoms with Gasteiger partial charge >= 0.3 is 0 Å². The van der Waals surface area contributed by atoms with E-state index < -0.39 is 0 Å². The highest BCUT2D eigenvalue weighted by molar-refractivity contribution is 7.99. The summed E-state index contributed by atoms with van der Waals surface area (Å²) in [6.45, 7) is 1.98. The molecule has 0 aliphatic carbocycles. The van der Waals surface area contributed by atoms with Crippen LogP contribution < -0.4 is 4.90 Å². The molecular weight excluding hydrogens is 446 g/mol. The minimum atomic E-state index is 0.365. The van der Waals surface area contributed by atoms with Crippen molar-refractivity contribution in [3.63, 3.8) is 0 Å². The number of rotatable bonds is 5. The normalized spacial score (nSPS) is 14.9. The van der Waals surface area contributed by atoms with E-state index in [9.17, 15) is 0 Å². The summed E-state index contributed by atoms with van der Waals surface area (Å²) >= 11 is 1.58. The second-order valence-corrected chi connectivity index (χ2v) is 9.59. The van der Waals surface area contributed by atoms with Gasteiger partial charge in [-0.1, -0.05) is 12.1 Å². The van der Waals surface area contributed by atoms with Crippen LogP contribution in [0.25, 0.3) is 27.7 Å². The third-order valence-electron chi connectivity index (χ3n) is 6.41. The van der Waals surface area contributed by atoms with E-state index >= 15 is 0 Å². The van der Waals surface area contributed by atoms with Gasteiger partial charge in [0.2, 0.25) is 5.16 Å². The van der Waals surface area contributed by atoms with Gasteiger partial charge in [0.05, 0.1) is 29.7 Å². The molecule has 8 nitrogen and oxygen atoms in total. The lowest BCUT2D eigenvalue weighted by Crippen LogP contribution is -2.36. The van der Waals surface area contributed by atoms with E-state index in [1.54, 1.807) is 23.6 Å². The van der Waals surface area contributed by atoms with Crippen molar-refractivity contribution < 1.29 is 4.74 Å². The molecule has 0 radical (unpaired) electrons. The van der Waals surface area contributed by atoms with Crippen LogP contribution in [0, 0.1) is 0 Å². The minimum Gasteiger partial charge on any atom is -0.381 e. The Bertz CT molecular complexity index is 1470. The van der Waals surface area contributed by atoms with Gasteiger partial charge in [0.15, 0.2) is 5.65 Å². The molecule has 1 fully saturated rings. The molecule has 172 valence electrons. The maximum Gasteiger partial charge on any atom is 0.200 e. The Labute approximate surface area is 201 Å². The van der Waals surface area contributed by atoms with Crippen molar-refractivity contribution >= 4 is 34.0 Å². The Balaban J connectivity index is 1.31. The minimum absolute atomic E-state index is 0.365. The number of piperidine rings is 1. The molecule has 0 amide bonds. The lowest BCUT2D eigenvalue weighted by molar-refractivity contribution is 0.0819. The predicted octanol–water partition coefficient (Wildman–Crippen LogP) is 4.44. The SMILES string of the molecule is COC1CCN(c2cnc3c(Sc4nnc5ccc(-c6cnn(C)c6)cn45)cccc3c2)CC1. The molecule has 1 aliphatic rings. The van der Waals surface area contributed by atoms with Crippen LogP contribution in [-0.2, 0) is 11.8 Å². The van der Waals surface area contributed by atoms with Crippen molar-refractivity contribution in [2.75, 3.05) is 25.1 Å². The smallest absolute Gasteiger partial charge is 0.200 e. The van der Waals surface area contributed by atoms with Gasteiger partial charge in [-0.05, 0) is 48.9 Å². The van der Waals surface area contributed by atoms with Crippen LogP contribution in [0.2, 0.25) is 0 Å². The summed E-state index contributed by atoms with van der Waals surface area (Å²) in [5, 5.41) is 15.0. The average Bonchev–Trinajstić information content (AvgIpc) is 3.50. The topological polar surface area (TPSA) is 73.4 Å². The van der Waals surface area contributed by atoms with E-state index in [1.807, 2.05) is 42.2 Å². The zero-order valence-corrected chi connectivity index (χ0v) is 19.9. The monoisotopic (exact) mass is 471 g/mol. The van der Waals surface area contributed by atoms with Gasteiger partial charge in [0.1, 0.15) is 0 Å². The number of methoxy groups -OCH3 is 1. The first-order chi connectivity index (χ1) is 16.7. The van der Waals surface area contributed by atoms with E-state index in [4.69, 9.17) is 9.72 Å². The fourth-order valence-corrected chi connectivity index (χ4v) is 5.44. The quantitative estimate of drug-likeness (QED) is 0.375. The van der Waals surface area contributed by atoms with E-state index in [2.05, 4.69) is 50.7 Å². The van der Waals surface area contributed by atoms with Crippen LogP contribution in [0.4, 0.5) is 5.69 Å². The maximum absolute atomic E-state index is 5.51. The maximum atomic E-state index is 5.51. The number of hydrogen-bond donors (Lipinski definition) is 0. The highest BCUT2D eigenvalue weighted by Gasteiger charge is 2.20. The molecule has 0 bridgehead atoms. The van der Waals surface area contributed by atoms with Crippen LogP contribution in [0.5, 0.6) is 0 Å². The fourth-order valence-electron chi connectivity index (χ4n) is 4.50. The number of hydrogen-bond acceptors (Lipinski definition) is 7. The Morgan fingerprint density at radius 1 is 1.00 bits per heavy atom. The zero-order chi connectivity index (χ0) is 23.1. The molecule has 0 saturated carbocycles. The molecule has 4 aromatic heterocycles. The van der Waals surface area contributed by atoms with Crippen molar-refractivity contribution in [2.45, 2.75) is 29.0 Å². The fraction of sp³-hybridized carbons (Fsp3) is 0.280. The molecule has 5 aromatic rings. The second-order valence-electron chi connectivity index (χ2n) is 8.58. The molecule has 1 saturated heterocycles. The molecule has 0 unspecified atom stereocenters. The Morgan fingerprint density at radius 3 is 2.68 bits per heavy atom. The first-order valence-electron chi connectivity index (χ1n) is 11.4. The second kappa shape index (κ2) is 8.73. The van der Waals surface area contributed by atoms with Gasteiger partial charge in [-0.15, -0.1) is 10.2 Å². The van der Waals surface area contributed by atoms with E-state index in [0.717, 1.165) is 63.7 Å². The van der Waals surface area contributed by atoms with Gasteiger partial charge in [-0.2, -0.15) is 5.10 Å². The predicted molar refractivity (Wildman–Crippen MR) is 133 cm³/mol. The molecule has 9 heteroatoms. The number of aromatic nitrogens is 6. The summed E-state index contributed by atoms with van der Waals surface area (Å²) in [7, 11) is 3.72. The van der Waals surface area contributed by atoms with Crippen molar-refractivity contribution in [3.8, 4) is 11.1 Å². The molecule has 1 aromatic carbocycles. The molecule has 5 heterocycles. The number of pyridine rings is 2. The van der Waals surface area contributed by atoms with Gasteiger partial charge in [0.25, 0.3) is 0 Å². The number of ether oxygens (including phenoxy) is 1. The number of anilines is 1. The number of benzene rings is 1. The molecule has 1 aliphatic heterocycles. The van der Waals surface area contributed by atoms with Gasteiger partial charge in [0, 0.05) is 61.0 Å². The van der Waals surface area contributed by atoms with Crippen molar-refractivity contribution in [3.05, 3.63) is 61.2 Å². The Morgan fingerprint density at radius 2 is 1.88 bits per heavy atom. The summed E-state index contributed by atoms with van der Waals surface area (Å²) in [5.41, 5.74) is 5.08. The molecule has 0 N–H and O–H groups in total. The van der Waals surface area contributed by atoms with Crippen LogP contribution in [0.3, 0.4) is 0 Å². The standard InChI is InChI=1S/C25H25N7OS/c1-30-15-19(13-27-30)18-6-7-23-28-29-25(32(23)16-18)34-22-5-3-4-17-12-20(14-26-24(17)22)31-10-8-21(33-2)9-11-31/h3-7,12-16,21H,8-11H2,1-2H3. The largest absolute Gasteiger partial charge is 0.381 e. The summed E-state index contributed by atoms with van der Waals surface area (Å²) in [4.78, 5) is 8.32. The summed E-state index contributed by atoms with van der Waals surface area (Å²) < 4.78 is 9.34. The van der Waals surface area contributed by atoms with Crippen LogP contribution >= 0.6 is 11.8 Å². The van der Waals surface area contributed by atoms with E-state index in [1.165, 1.54) is 5.69 Å². The highest BCUT2D eigenvalue weighted by Crippen LogP contribution is 2.34. The van der Waals surface area contributed by atoms with Crippen LogP contribution in [-0.4, -0.2) is 55.7 Å². The Kier molecular flexibility index (Phi) is 5.43. The third kappa shape index (κ3) is 3.91. The highest BCUT2D eigenvalue weighted by atomic mass is 32.2. The first kappa shape index (κ1) is 21.1.